The highest BCUT2D eigenvalue weighted by Gasteiger charge is 2.30. The van der Waals surface area contributed by atoms with Gasteiger partial charge in [0.15, 0.2) is 5.52 Å². The van der Waals surface area contributed by atoms with Gasteiger partial charge in [0.25, 0.3) is 5.56 Å². The van der Waals surface area contributed by atoms with Crippen LogP contribution in [0.2, 0.25) is 0 Å². The number of halogens is 3. The fraction of sp³-hybridized carbons (Fsp3) is 0.389. The average Bonchev–Trinajstić information content (AvgIpc) is 2.98. The van der Waals surface area contributed by atoms with E-state index in [1.54, 1.807) is 11.6 Å². The minimum Gasteiger partial charge on any atom is -0.303 e. The average molecular weight is 380 g/mol. The molecule has 9 heteroatoms. The minimum atomic E-state index is -4.44. The molecular formula is C18H19F3N4O2. The van der Waals surface area contributed by atoms with Crippen molar-refractivity contribution >= 4 is 11.0 Å². The molecule has 27 heavy (non-hydrogen) atoms. The Bertz CT molecular complexity index is 1080. The molecule has 0 aliphatic carbocycles. The number of rotatable bonds is 5. The first-order chi connectivity index (χ1) is 12.8. The highest BCUT2D eigenvalue weighted by molar-refractivity contribution is 5.89. The molecular weight excluding hydrogens is 361 g/mol. The van der Waals surface area contributed by atoms with Crippen molar-refractivity contribution in [1.29, 1.82) is 0 Å². The van der Waals surface area contributed by atoms with Gasteiger partial charge in [0.1, 0.15) is 5.52 Å². The molecule has 0 spiro atoms. The van der Waals surface area contributed by atoms with Crippen molar-refractivity contribution in [1.82, 2.24) is 19.3 Å². The molecule has 0 aliphatic heterocycles. The van der Waals surface area contributed by atoms with Gasteiger partial charge in [-0.3, -0.25) is 14.0 Å². The van der Waals surface area contributed by atoms with Gasteiger partial charge in [-0.25, -0.2) is 4.79 Å². The Kier molecular flexibility index (Phi) is 4.95. The molecule has 0 saturated heterocycles. The summed E-state index contributed by atoms with van der Waals surface area (Å²) in [5, 5.41) is 4.34. The van der Waals surface area contributed by atoms with Crippen LogP contribution in [0.1, 0.15) is 32.3 Å². The Morgan fingerprint density at radius 1 is 1.11 bits per heavy atom. The van der Waals surface area contributed by atoms with Gasteiger partial charge in [-0.15, -0.1) is 0 Å². The smallest absolute Gasteiger partial charge is 0.303 e. The molecule has 0 fully saturated rings. The predicted molar refractivity (Wildman–Crippen MR) is 95.6 cm³/mol. The van der Waals surface area contributed by atoms with Crippen LogP contribution in [0.4, 0.5) is 13.2 Å². The Labute approximate surface area is 152 Å². The number of benzene rings is 1. The lowest BCUT2D eigenvalue weighted by Gasteiger charge is -2.10. The van der Waals surface area contributed by atoms with Crippen LogP contribution in [-0.4, -0.2) is 19.3 Å². The number of fused-ring (bicyclic) bond motifs is 1. The molecule has 1 aromatic carbocycles. The standard InChI is InChI=1S/C18H19F3N4O2/c1-3-5-10-25-15(11-6-8-12(9-7-11)18(19,20)21)13-14(23-25)16(26)24(4-2)17(27)22-13/h6-9H,3-5,10H2,1-2H3,(H,22,27). The zero-order valence-electron chi connectivity index (χ0n) is 14.9. The van der Waals surface area contributed by atoms with E-state index in [-0.39, 0.29) is 17.6 Å². The van der Waals surface area contributed by atoms with Gasteiger partial charge < -0.3 is 4.98 Å². The summed E-state index contributed by atoms with van der Waals surface area (Å²) in [6.45, 7) is 4.34. The maximum absolute atomic E-state index is 12.8. The third kappa shape index (κ3) is 3.41. The van der Waals surface area contributed by atoms with E-state index >= 15 is 0 Å². The van der Waals surface area contributed by atoms with Gasteiger partial charge in [-0.05, 0) is 25.5 Å². The van der Waals surface area contributed by atoms with Crippen molar-refractivity contribution in [3.05, 3.63) is 50.7 Å². The van der Waals surface area contributed by atoms with E-state index in [1.807, 2.05) is 6.92 Å². The fourth-order valence-electron chi connectivity index (χ4n) is 2.99. The number of aromatic nitrogens is 4. The Hall–Kier alpha value is -2.84. The van der Waals surface area contributed by atoms with Gasteiger partial charge >= 0.3 is 11.9 Å². The molecule has 0 bridgehead atoms. The van der Waals surface area contributed by atoms with E-state index in [0.717, 1.165) is 29.5 Å². The van der Waals surface area contributed by atoms with E-state index in [2.05, 4.69) is 10.1 Å². The lowest BCUT2D eigenvalue weighted by atomic mass is 10.1. The number of H-pyrrole nitrogens is 1. The normalized spacial score (nSPS) is 12.0. The number of aromatic amines is 1. The topological polar surface area (TPSA) is 72.7 Å². The zero-order valence-corrected chi connectivity index (χ0v) is 14.9. The molecule has 0 amide bonds. The van der Waals surface area contributed by atoms with Crippen LogP contribution >= 0.6 is 0 Å². The van der Waals surface area contributed by atoms with E-state index in [1.165, 1.54) is 12.1 Å². The maximum atomic E-state index is 12.8. The van der Waals surface area contributed by atoms with Crippen LogP contribution in [0.25, 0.3) is 22.3 Å². The van der Waals surface area contributed by atoms with Gasteiger partial charge in [-0.1, -0.05) is 25.5 Å². The van der Waals surface area contributed by atoms with Gasteiger partial charge in [0.2, 0.25) is 0 Å². The van der Waals surface area contributed by atoms with E-state index in [4.69, 9.17) is 0 Å². The highest BCUT2D eigenvalue weighted by Crippen LogP contribution is 2.32. The summed E-state index contributed by atoms with van der Waals surface area (Å²) in [4.78, 5) is 27.4. The molecule has 144 valence electrons. The first-order valence-electron chi connectivity index (χ1n) is 8.69. The van der Waals surface area contributed by atoms with Crippen molar-refractivity contribution < 1.29 is 13.2 Å². The lowest BCUT2D eigenvalue weighted by molar-refractivity contribution is -0.137. The number of hydrogen-bond donors (Lipinski definition) is 1. The minimum absolute atomic E-state index is 0.0995. The largest absolute Gasteiger partial charge is 0.416 e. The second-order valence-corrected chi connectivity index (χ2v) is 6.20. The highest BCUT2D eigenvalue weighted by atomic mass is 19.4. The van der Waals surface area contributed by atoms with Crippen LogP contribution < -0.4 is 11.2 Å². The van der Waals surface area contributed by atoms with Crippen molar-refractivity contribution in [3.63, 3.8) is 0 Å². The van der Waals surface area contributed by atoms with E-state index in [0.29, 0.717) is 17.8 Å². The summed E-state index contributed by atoms with van der Waals surface area (Å²) in [7, 11) is 0. The first-order valence-corrected chi connectivity index (χ1v) is 8.69. The van der Waals surface area contributed by atoms with E-state index < -0.39 is 23.0 Å². The van der Waals surface area contributed by atoms with Gasteiger partial charge in [0.05, 0.1) is 11.3 Å². The van der Waals surface area contributed by atoms with Crippen LogP contribution in [0.3, 0.4) is 0 Å². The molecule has 2 heterocycles. The Morgan fingerprint density at radius 3 is 2.33 bits per heavy atom. The molecule has 3 aromatic rings. The predicted octanol–water partition coefficient (Wildman–Crippen LogP) is 3.39. The Balaban J connectivity index is 2.26. The lowest BCUT2D eigenvalue weighted by Crippen LogP contribution is -2.34. The SMILES string of the molecule is CCCCn1nc2c(=O)n(CC)c(=O)[nH]c2c1-c1ccc(C(F)(F)F)cc1. The summed E-state index contributed by atoms with van der Waals surface area (Å²) in [6, 6.07) is 4.60. The number of unbranched alkanes of at least 4 members (excludes halogenated alkanes) is 1. The van der Waals surface area contributed by atoms with Crippen LogP contribution in [0.5, 0.6) is 0 Å². The summed E-state index contributed by atoms with van der Waals surface area (Å²) in [5.41, 5.74) is -0.626. The molecule has 3 rings (SSSR count). The third-order valence-corrected chi connectivity index (χ3v) is 4.40. The van der Waals surface area contributed by atoms with Crippen LogP contribution in [0, 0.1) is 0 Å². The zero-order chi connectivity index (χ0) is 19.8. The molecule has 2 aromatic heterocycles. The maximum Gasteiger partial charge on any atom is 0.416 e. The molecule has 1 N–H and O–H groups in total. The fourth-order valence-corrected chi connectivity index (χ4v) is 2.99. The number of nitrogens with zero attached hydrogens (tertiary/aromatic N) is 3. The van der Waals surface area contributed by atoms with Crippen molar-refractivity contribution in [3.8, 4) is 11.3 Å². The van der Waals surface area contributed by atoms with Crippen molar-refractivity contribution in [2.75, 3.05) is 0 Å². The molecule has 0 atom stereocenters. The third-order valence-electron chi connectivity index (χ3n) is 4.40. The van der Waals surface area contributed by atoms with Crippen LogP contribution in [0.15, 0.2) is 33.9 Å². The summed E-state index contributed by atoms with van der Waals surface area (Å²) < 4.78 is 41.1. The number of hydrogen-bond acceptors (Lipinski definition) is 3. The molecule has 0 radical (unpaired) electrons. The van der Waals surface area contributed by atoms with E-state index in [9.17, 15) is 22.8 Å². The number of nitrogens with one attached hydrogen (secondary N) is 1. The second kappa shape index (κ2) is 7.05. The molecule has 6 nitrogen and oxygen atoms in total. The summed E-state index contributed by atoms with van der Waals surface area (Å²) in [6.07, 6.45) is -2.79. The van der Waals surface area contributed by atoms with Crippen LogP contribution in [-0.2, 0) is 19.3 Å². The summed E-state index contributed by atoms with van der Waals surface area (Å²) >= 11 is 0. The van der Waals surface area contributed by atoms with Crippen molar-refractivity contribution in [2.24, 2.45) is 0 Å². The molecule has 0 aliphatic rings. The molecule has 0 saturated carbocycles. The first kappa shape index (κ1) is 18.9. The number of aryl methyl sites for hydroxylation is 1. The number of alkyl halides is 3. The molecule has 0 unspecified atom stereocenters. The quantitative estimate of drug-likeness (QED) is 0.737. The van der Waals surface area contributed by atoms with Crippen molar-refractivity contribution in [2.45, 2.75) is 46.0 Å². The second-order valence-electron chi connectivity index (χ2n) is 6.20. The monoisotopic (exact) mass is 380 g/mol. The van der Waals surface area contributed by atoms with Gasteiger partial charge in [0, 0.05) is 18.7 Å². The van der Waals surface area contributed by atoms with Gasteiger partial charge in [-0.2, -0.15) is 18.3 Å². The Morgan fingerprint density at radius 2 is 1.78 bits per heavy atom. The summed E-state index contributed by atoms with van der Waals surface area (Å²) in [5.74, 6) is 0.